The third-order valence-corrected chi connectivity index (χ3v) is 23.7. The highest BCUT2D eigenvalue weighted by Gasteiger charge is 2.49. The minimum Gasteiger partial charge on any atom is -0.456 e. The van der Waals surface area contributed by atoms with Crippen molar-refractivity contribution in [1.29, 1.82) is 0 Å². The molecule has 0 amide bonds. The van der Waals surface area contributed by atoms with Gasteiger partial charge in [-0.2, -0.15) is 0 Å². The summed E-state index contributed by atoms with van der Waals surface area (Å²) in [7, 11) is -1.80. The Morgan fingerprint density at radius 1 is 0.380 bits per heavy atom. The largest absolute Gasteiger partial charge is 0.456 e. The zero-order chi connectivity index (χ0) is 69.8. The summed E-state index contributed by atoms with van der Waals surface area (Å²) in [5, 5.41) is 8.58. The van der Waals surface area contributed by atoms with E-state index >= 15 is 0 Å². The van der Waals surface area contributed by atoms with Crippen LogP contribution < -0.4 is 15.0 Å². The smallest absolute Gasteiger partial charge is 0.139 e. The summed E-state index contributed by atoms with van der Waals surface area (Å²) in [6.45, 7) is 35.0. The fraction of sp³-hybridized carbons (Fsp3) is 0.229. The molecule has 0 fully saturated rings. The topological polar surface area (TPSA) is 19.6 Å². The fourth-order valence-electron chi connectivity index (χ4n) is 15.9. The van der Waals surface area contributed by atoms with Crippen molar-refractivity contribution in [3.05, 3.63) is 340 Å². The molecule has 3 nitrogen and oxygen atoms in total. The molecule has 0 N–H and O–H groups in total. The Bertz CT molecular complexity index is 5300. The van der Waals surface area contributed by atoms with Crippen LogP contribution in [0.3, 0.4) is 0 Å². The number of fused-ring (bicyclic) bond motifs is 9. The zero-order valence-electron chi connectivity index (χ0n) is 61.1. The number of benzene rings is 13. The van der Waals surface area contributed by atoms with Gasteiger partial charge in [-0.3, -0.25) is 0 Å². The number of hydrogen-bond donors (Lipinski definition) is 0. The molecule has 1 aliphatic rings. The van der Waals surface area contributed by atoms with Crippen molar-refractivity contribution in [1.82, 2.24) is 0 Å². The van der Waals surface area contributed by atoms with Gasteiger partial charge in [-0.25, -0.2) is 0 Å². The summed E-state index contributed by atoms with van der Waals surface area (Å²) in [5.41, 5.74) is 23.8. The molecule has 1 heterocycles. The lowest BCUT2D eigenvalue weighted by Crippen LogP contribution is -2.38. The molecule has 4 heteroatoms. The van der Waals surface area contributed by atoms with Crippen LogP contribution in [-0.4, -0.2) is 8.07 Å². The molecular weight excluding hydrogens is 1230 g/mol. The Balaban J connectivity index is 1.05. The summed E-state index contributed by atoms with van der Waals surface area (Å²) in [4.78, 5) is 4.96. The van der Waals surface area contributed by atoms with Crippen molar-refractivity contribution in [3.8, 4) is 11.1 Å². The minimum absolute atomic E-state index is 0.000208. The lowest BCUT2D eigenvalue weighted by molar-refractivity contribution is 0.589. The molecule has 0 aliphatic heterocycles. The van der Waals surface area contributed by atoms with E-state index in [1.807, 2.05) is 0 Å². The highest BCUT2D eigenvalue weighted by molar-refractivity contribution is 6.88. The van der Waals surface area contributed by atoms with Crippen LogP contribution in [-0.2, 0) is 33.5 Å². The van der Waals surface area contributed by atoms with E-state index in [0.717, 1.165) is 56.1 Å². The maximum Gasteiger partial charge on any atom is 0.139 e. The van der Waals surface area contributed by atoms with Gasteiger partial charge in [0.1, 0.15) is 11.2 Å². The van der Waals surface area contributed by atoms with Gasteiger partial charge in [0, 0.05) is 50.5 Å². The summed E-state index contributed by atoms with van der Waals surface area (Å²) in [5.74, 6) is -0.0329. The molecule has 14 aromatic rings. The molecule has 2 atom stereocenters. The SMILES string of the molecule is CC(C)(C)c1ccc([C@H](Cc2cc3c(c4c2oc2ccccc24)-c2ccc(N(c4ccc(C(C)(C)C)cc4)c4cccc5ccccc45)cc2C3(c2ccc(N(c3ccc(C(C)(C)C)cc3)c3ccc(C(C)(C)C)cc3)cc2)c2ccc([Si](C)(C)C)cc2)c2cccc3ccccc23)cc1. The number of furan rings is 1. The zero-order valence-corrected chi connectivity index (χ0v) is 62.1. The molecule has 0 spiro atoms. The molecule has 0 radical (unpaired) electrons. The van der Waals surface area contributed by atoms with E-state index in [1.54, 1.807) is 0 Å². The number of nitrogens with zero attached hydrogens (tertiary/aromatic N) is 2. The molecular formula is C96H94N2OSi. The summed E-state index contributed by atoms with van der Waals surface area (Å²) >= 11 is 0. The van der Waals surface area contributed by atoms with Gasteiger partial charge in [0.25, 0.3) is 0 Å². The number of para-hydroxylation sites is 1. The Labute approximate surface area is 594 Å². The lowest BCUT2D eigenvalue weighted by atomic mass is 9.67. The van der Waals surface area contributed by atoms with Crippen molar-refractivity contribution in [2.24, 2.45) is 0 Å². The molecule has 0 saturated carbocycles. The Morgan fingerprint density at radius 2 is 0.810 bits per heavy atom. The fourth-order valence-corrected chi connectivity index (χ4v) is 17.1. The van der Waals surface area contributed by atoms with Crippen molar-refractivity contribution < 1.29 is 4.42 Å². The minimum atomic E-state index is -1.80. The first-order chi connectivity index (χ1) is 47.7. The van der Waals surface area contributed by atoms with E-state index in [0.29, 0.717) is 6.42 Å². The molecule has 13 aromatic carbocycles. The van der Waals surface area contributed by atoms with Crippen LogP contribution in [0.5, 0.6) is 0 Å². The van der Waals surface area contributed by atoms with Gasteiger partial charge in [0.05, 0.1) is 19.2 Å². The monoisotopic (exact) mass is 1320 g/mol. The standard InChI is InChI=1S/C96H94N2OSi/c1-92(2,3)67-36-34-65(35-37-67)84(81-31-22-26-63-24-16-18-28-79(63)81)60-66-61-86-89(90-83-30-20-21-33-88(83)99-91(66)90)82-59-56-77(98(76-52-42-70(43-53-76)95(10,11)12)87-32-23-27-64-25-17-19-29-80(64)87)62-85(82)96(86,72-46-57-78(58-47-72)100(13,14)15)71-44-54-75(55-45-71)97(73-48-38-68(39-49-73)93(4,5)6)74-50-40-69(41-51-74)94(7,8)9/h16-59,61-62,84H,60H2,1-15H3/t84-,96?/m0/s1. The maximum absolute atomic E-state index is 7.50. The Hall–Kier alpha value is -10.0. The van der Waals surface area contributed by atoms with Crippen LogP contribution in [0.2, 0.25) is 19.6 Å². The van der Waals surface area contributed by atoms with Gasteiger partial charge in [-0.1, -0.05) is 308 Å². The van der Waals surface area contributed by atoms with Gasteiger partial charge < -0.3 is 14.2 Å². The normalized spacial score (nSPS) is 14.6. The van der Waals surface area contributed by atoms with Crippen molar-refractivity contribution in [3.63, 3.8) is 0 Å². The van der Waals surface area contributed by atoms with Crippen LogP contribution in [0, 0.1) is 0 Å². The molecule has 1 aromatic heterocycles. The second kappa shape index (κ2) is 24.7. The predicted molar refractivity (Wildman–Crippen MR) is 432 cm³/mol. The van der Waals surface area contributed by atoms with E-state index < -0.39 is 13.5 Å². The van der Waals surface area contributed by atoms with Crippen molar-refractivity contribution in [2.75, 3.05) is 9.80 Å². The molecule has 100 heavy (non-hydrogen) atoms. The quantitative estimate of drug-likeness (QED) is 0.107. The lowest BCUT2D eigenvalue weighted by Gasteiger charge is -2.36. The van der Waals surface area contributed by atoms with E-state index in [4.69, 9.17) is 4.42 Å². The highest BCUT2D eigenvalue weighted by atomic mass is 28.3. The number of hydrogen-bond acceptors (Lipinski definition) is 3. The third kappa shape index (κ3) is 11.8. The van der Waals surface area contributed by atoms with Gasteiger partial charge in [0.15, 0.2) is 0 Å². The van der Waals surface area contributed by atoms with Crippen LogP contribution >= 0.6 is 0 Å². The molecule has 15 rings (SSSR count). The molecule has 1 aliphatic carbocycles. The second-order valence-electron chi connectivity index (χ2n) is 33.4. The van der Waals surface area contributed by atoms with Gasteiger partial charge in [-0.15, -0.1) is 0 Å². The summed E-state index contributed by atoms with van der Waals surface area (Å²) in [6.07, 6.45) is 0.689. The van der Waals surface area contributed by atoms with E-state index in [2.05, 4.69) is 392 Å². The average molecular weight is 1320 g/mol. The van der Waals surface area contributed by atoms with Gasteiger partial charge in [-0.05, 0) is 195 Å². The first-order valence-corrected chi connectivity index (χ1v) is 39.6. The van der Waals surface area contributed by atoms with Crippen LogP contribution in [0.1, 0.15) is 150 Å². The van der Waals surface area contributed by atoms with Gasteiger partial charge >= 0.3 is 0 Å². The molecule has 498 valence electrons. The summed E-state index contributed by atoms with van der Waals surface area (Å²) < 4.78 is 7.50. The van der Waals surface area contributed by atoms with Crippen LogP contribution in [0.15, 0.2) is 283 Å². The molecule has 0 bridgehead atoms. The predicted octanol–water partition coefficient (Wildman–Crippen LogP) is 26.3. The molecule has 1 unspecified atom stereocenters. The first-order valence-electron chi connectivity index (χ1n) is 36.1. The highest BCUT2D eigenvalue weighted by Crippen LogP contribution is 2.61. The Kier molecular flexibility index (Phi) is 16.3. The average Bonchev–Trinajstić information content (AvgIpc) is 1.51. The maximum atomic E-state index is 7.50. The Morgan fingerprint density at radius 3 is 1.34 bits per heavy atom. The van der Waals surface area contributed by atoms with E-state index in [1.165, 1.54) is 99.1 Å². The van der Waals surface area contributed by atoms with E-state index in [9.17, 15) is 0 Å². The first kappa shape index (κ1) is 65.9. The summed E-state index contributed by atoms with van der Waals surface area (Å²) in [6, 6.07) is 107. The second-order valence-corrected chi connectivity index (χ2v) is 38.4. The van der Waals surface area contributed by atoms with Gasteiger partial charge in [0.2, 0.25) is 0 Å². The van der Waals surface area contributed by atoms with Crippen molar-refractivity contribution in [2.45, 2.75) is 142 Å². The number of anilines is 6. The van der Waals surface area contributed by atoms with Crippen molar-refractivity contribution >= 4 is 90.9 Å². The van der Waals surface area contributed by atoms with Crippen LogP contribution in [0.25, 0.3) is 54.6 Å². The third-order valence-electron chi connectivity index (χ3n) is 21.6. The molecule has 0 saturated heterocycles. The van der Waals surface area contributed by atoms with E-state index in [-0.39, 0.29) is 27.6 Å². The van der Waals surface area contributed by atoms with Crippen LogP contribution in [0.4, 0.5) is 34.1 Å². The number of rotatable bonds is 13.